The normalized spacial score (nSPS) is 20.9. The number of hydrogen-bond acceptors (Lipinski definition) is 8. The summed E-state index contributed by atoms with van der Waals surface area (Å²) in [5.74, 6) is 0.0730. The van der Waals surface area contributed by atoms with E-state index in [1.165, 1.54) is 6.07 Å². The van der Waals surface area contributed by atoms with Gasteiger partial charge < -0.3 is 29.3 Å². The molecule has 1 aromatic carbocycles. The van der Waals surface area contributed by atoms with Crippen LogP contribution in [0.4, 0.5) is 0 Å². The molecule has 0 unspecified atom stereocenters. The lowest BCUT2D eigenvalue weighted by Crippen LogP contribution is -2.46. The van der Waals surface area contributed by atoms with Crippen molar-refractivity contribution in [1.82, 2.24) is 9.47 Å². The first-order valence-corrected chi connectivity index (χ1v) is 12.8. The zero-order chi connectivity index (χ0) is 26.4. The molecular weight excluding hydrogens is 490 g/mol. The van der Waals surface area contributed by atoms with Gasteiger partial charge in [-0.2, -0.15) is 0 Å². The molecule has 5 heterocycles. The molecule has 3 aromatic rings. The Balaban J connectivity index is 1.31. The van der Waals surface area contributed by atoms with Gasteiger partial charge in [-0.1, -0.05) is 12.1 Å². The van der Waals surface area contributed by atoms with E-state index in [-0.39, 0.29) is 23.7 Å². The third-order valence-corrected chi connectivity index (χ3v) is 7.63. The summed E-state index contributed by atoms with van der Waals surface area (Å²) in [5.41, 5.74) is 6.64. The van der Waals surface area contributed by atoms with E-state index in [1.807, 2.05) is 10.6 Å². The van der Waals surface area contributed by atoms with E-state index in [9.17, 15) is 19.5 Å². The van der Waals surface area contributed by atoms with Gasteiger partial charge in [0.25, 0.3) is 5.56 Å². The molecule has 3 atom stereocenters. The third-order valence-electron chi connectivity index (χ3n) is 7.63. The van der Waals surface area contributed by atoms with Crippen LogP contribution >= 0.6 is 0 Å². The van der Waals surface area contributed by atoms with Crippen LogP contribution < -0.4 is 26.2 Å². The highest BCUT2D eigenvalue weighted by molar-refractivity contribution is 5.75. The second-order valence-corrected chi connectivity index (χ2v) is 10.3. The number of primary amides is 1. The monoisotopic (exact) mass is 519 g/mol. The number of ether oxygens (including phenoxy) is 2. The average molecular weight is 520 g/mol. The van der Waals surface area contributed by atoms with Crippen molar-refractivity contribution in [1.29, 1.82) is 0 Å². The van der Waals surface area contributed by atoms with Crippen molar-refractivity contribution >= 4 is 5.91 Å². The highest BCUT2D eigenvalue weighted by Gasteiger charge is 2.35. The summed E-state index contributed by atoms with van der Waals surface area (Å²) in [4.78, 5) is 39.4. The molecule has 1 saturated heterocycles. The van der Waals surface area contributed by atoms with Crippen molar-refractivity contribution in [2.24, 2.45) is 11.7 Å². The minimum absolute atomic E-state index is 0.00270. The van der Waals surface area contributed by atoms with Crippen LogP contribution in [0.1, 0.15) is 47.5 Å². The smallest absolute Gasteiger partial charge is 0.250 e. The number of carbonyl (C=O) groups is 1. The number of pyridine rings is 1. The van der Waals surface area contributed by atoms with E-state index >= 15 is 0 Å². The molecule has 6 rings (SSSR count). The summed E-state index contributed by atoms with van der Waals surface area (Å²) >= 11 is 0. The number of aromatic hydroxyl groups is 1. The molecule has 0 saturated carbocycles. The Morgan fingerprint density at radius 1 is 1.05 bits per heavy atom. The maximum atomic E-state index is 12.8. The Bertz CT molecular complexity index is 1510. The number of aromatic nitrogens is 1. The van der Waals surface area contributed by atoms with Crippen LogP contribution in [-0.4, -0.2) is 46.8 Å². The van der Waals surface area contributed by atoms with E-state index in [1.54, 1.807) is 30.3 Å². The summed E-state index contributed by atoms with van der Waals surface area (Å²) in [6.45, 7) is 3.32. The quantitative estimate of drug-likeness (QED) is 0.504. The predicted octanol–water partition coefficient (Wildman–Crippen LogP) is 1.90. The molecule has 2 bridgehead atoms. The van der Waals surface area contributed by atoms with E-state index < -0.39 is 23.0 Å². The number of amides is 1. The Morgan fingerprint density at radius 3 is 2.68 bits per heavy atom. The van der Waals surface area contributed by atoms with Gasteiger partial charge in [0.1, 0.15) is 19.0 Å². The van der Waals surface area contributed by atoms with Crippen molar-refractivity contribution in [2.75, 3.05) is 26.3 Å². The molecule has 0 aliphatic carbocycles. The highest BCUT2D eigenvalue weighted by Crippen LogP contribution is 2.39. The SMILES string of the molecule is NC(=O)C[C@H](c1ccc2c(c1)OCCO2)c1oc(CN2C[C@H]3C[C@@H](C2)c2cccc(=O)n2C3)cc(=O)c1O. The number of fused-ring (bicyclic) bond motifs is 5. The zero-order valence-electron chi connectivity index (χ0n) is 20.8. The van der Waals surface area contributed by atoms with E-state index in [0.717, 1.165) is 18.7 Å². The van der Waals surface area contributed by atoms with Gasteiger partial charge in [0.2, 0.25) is 17.1 Å². The van der Waals surface area contributed by atoms with Gasteiger partial charge in [-0.15, -0.1) is 0 Å². The van der Waals surface area contributed by atoms with Crippen molar-refractivity contribution in [2.45, 2.75) is 37.8 Å². The number of piperidine rings is 1. The molecular formula is C28H29N3O7. The van der Waals surface area contributed by atoms with E-state index in [4.69, 9.17) is 19.6 Å². The molecule has 1 fully saturated rings. The van der Waals surface area contributed by atoms with Crippen LogP contribution in [0.3, 0.4) is 0 Å². The fourth-order valence-electron chi connectivity index (χ4n) is 6.05. The molecule has 0 radical (unpaired) electrons. The van der Waals surface area contributed by atoms with Gasteiger partial charge in [0.15, 0.2) is 17.3 Å². The first kappa shape index (κ1) is 24.3. The lowest BCUT2D eigenvalue weighted by molar-refractivity contribution is -0.118. The first-order chi connectivity index (χ1) is 18.4. The molecule has 10 heteroatoms. The van der Waals surface area contributed by atoms with Crippen molar-refractivity contribution in [3.8, 4) is 17.2 Å². The zero-order valence-corrected chi connectivity index (χ0v) is 20.8. The number of nitrogens with two attached hydrogens (primary N) is 1. The van der Waals surface area contributed by atoms with Crippen molar-refractivity contribution in [3.05, 3.63) is 85.8 Å². The molecule has 3 aliphatic heterocycles. The van der Waals surface area contributed by atoms with Crippen LogP contribution in [0.5, 0.6) is 17.2 Å². The number of nitrogens with zero attached hydrogens (tertiary/aromatic N) is 2. The van der Waals surface area contributed by atoms with Gasteiger partial charge in [0, 0.05) is 49.8 Å². The fourth-order valence-corrected chi connectivity index (χ4v) is 6.05. The molecule has 0 spiro atoms. The van der Waals surface area contributed by atoms with E-state index in [0.29, 0.717) is 61.6 Å². The maximum Gasteiger partial charge on any atom is 0.250 e. The van der Waals surface area contributed by atoms with Crippen LogP contribution in [0.15, 0.2) is 56.5 Å². The molecule has 2 aromatic heterocycles. The standard InChI is InChI=1S/C28H29N3O7/c29-25(33)11-20(17-4-5-23-24(9-17)37-7-6-36-23)28-27(35)22(32)10-19(38-28)15-30-12-16-8-18(14-30)21-2-1-3-26(34)31(21)13-16/h1-5,9-10,16,18,20,35H,6-8,11-15H2,(H2,29,33)/t16-,18+,20-/m1/s1. The van der Waals surface area contributed by atoms with Gasteiger partial charge >= 0.3 is 0 Å². The number of rotatable bonds is 6. The van der Waals surface area contributed by atoms with Gasteiger partial charge in [0.05, 0.1) is 12.5 Å². The Labute approximate surface area is 218 Å². The summed E-state index contributed by atoms with van der Waals surface area (Å²) in [6.07, 6.45) is 0.842. The minimum atomic E-state index is -0.782. The molecule has 38 heavy (non-hydrogen) atoms. The maximum absolute atomic E-state index is 12.8. The number of likely N-dealkylation sites (tertiary alicyclic amines) is 1. The molecule has 3 N–H and O–H groups in total. The van der Waals surface area contributed by atoms with Crippen molar-refractivity contribution < 1.29 is 23.8 Å². The highest BCUT2D eigenvalue weighted by atomic mass is 16.6. The van der Waals surface area contributed by atoms with Gasteiger partial charge in [-0.25, -0.2) is 0 Å². The Hall–Kier alpha value is -4.05. The third kappa shape index (κ3) is 4.56. The van der Waals surface area contributed by atoms with Crippen LogP contribution in [0.2, 0.25) is 0 Å². The Kier molecular flexibility index (Phi) is 6.19. The number of benzene rings is 1. The summed E-state index contributed by atoms with van der Waals surface area (Å²) in [5, 5.41) is 10.7. The second-order valence-electron chi connectivity index (χ2n) is 10.3. The topological polar surface area (TPSA) is 137 Å². The van der Waals surface area contributed by atoms with Crippen LogP contribution in [-0.2, 0) is 17.9 Å². The summed E-state index contributed by atoms with van der Waals surface area (Å²) < 4.78 is 19.3. The largest absolute Gasteiger partial charge is 0.502 e. The molecule has 10 nitrogen and oxygen atoms in total. The average Bonchev–Trinajstić information content (AvgIpc) is 2.89. The van der Waals surface area contributed by atoms with Gasteiger partial charge in [-0.05, 0) is 36.1 Å². The summed E-state index contributed by atoms with van der Waals surface area (Å²) in [7, 11) is 0. The lowest BCUT2D eigenvalue weighted by atomic mass is 9.83. The lowest BCUT2D eigenvalue weighted by Gasteiger charge is -2.42. The Morgan fingerprint density at radius 2 is 1.87 bits per heavy atom. The molecule has 3 aliphatic rings. The minimum Gasteiger partial charge on any atom is -0.502 e. The number of carbonyl (C=O) groups excluding carboxylic acids is 1. The van der Waals surface area contributed by atoms with Gasteiger partial charge in [-0.3, -0.25) is 19.3 Å². The van der Waals surface area contributed by atoms with E-state index in [2.05, 4.69) is 4.90 Å². The summed E-state index contributed by atoms with van der Waals surface area (Å²) in [6, 6.07) is 11.9. The van der Waals surface area contributed by atoms with Crippen LogP contribution in [0.25, 0.3) is 0 Å². The van der Waals surface area contributed by atoms with Crippen molar-refractivity contribution in [3.63, 3.8) is 0 Å². The fraction of sp³-hybridized carbons (Fsp3) is 0.393. The molecule has 1 amide bonds. The molecule has 198 valence electrons. The number of hydrogen-bond donors (Lipinski definition) is 2. The second kappa shape index (κ2) is 9.68. The first-order valence-electron chi connectivity index (χ1n) is 12.8. The van der Waals surface area contributed by atoms with Crippen LogP contribution in [0, 0.1) is 5.92 Å². The predicted molar refractivity (Wildman–Crippen MR) is 137 cm³/mol.